The second kappa shape index (κ2) is 7.95. The maximum absolute atomic E-state index is 12.8. The first-order valence-corrected chi connectivity index (χ1v) is 11.4. The highest BCUT2D eigenvalue weighted by molar-refractivity contribution is 7.92. The van der Waals surface area contributed by atoms with E-state index in [-0.39, 0.29) is 16.3 Å². The summed E-state index contributed by atoms with van der Waals surface area (Å²) in [4.78, 5) is 13.0. The molecule has 0 heterocycles. The molecule has 3 aromatic carbocycles. The van der Waals surface area contributed by atoms with Gasteiger partial charge in [0.15, 0.2) is 0 Å². The molecule has 5 nitrogen and oxygen atoms in total. The topological polar surface area (TPSA) is 75.3 Å². The van der Waals surface area contributed by atoms with Crippen molar-refractivity contribution in [2.24, 2.45) is 0 Å². The molecule has 154 valence electrons. The Morgan fingerprint density at radius 1 is 0.867 bits per heavy atom. The van der Waals surface area contributed by atoms with Crippen LogP contribution >= 0.6 is 0 Å². The van der Waals surface area contributed by atoms with Crippen LogP contribution in [0.4, 0.5) is 5.69 Å². The Balaban J connectivity index is 1.50. The number of carbonyl (C=O) groups is 1. The lowest BCUT2D eigenvalue weighted by molar-refractivity contribution is 0.0823. The van der Waals surface area contributed by atoms with E-state index in [1.54, 1.807) is 24.3 Å². The largest absolute Gasteiger partial charge is 0.343 e. The van der Waals surface area contributed by atoms with Gasteiger partial charge >= 0.3 is 0 Å². The standard InChI is InChI=1S/C24H24N2O3S/c1-18-8-5-6-11-22(18)26-30(28,29)21-14-12-19(13-15-21)23(27)25-24(16-7-17-24)20-9-3-2-4-10-20/h2-6,8-15,26H,7,16-17H2,1H3,(H,25,27). The van der Waals surface area contributed by atoms with E-state index in [1.165, 1.54) is 12.1 Å². The molecular weight excluding hydrogens is 396 g/mol. The van der Waals surface area contributed by atoms with Crippen molar-refractivity contribution in [2.75, 3.05) is 4.72 Å². The molecule has 0 spiro atoms. The number of hydrogen-bond acceptors (Lipinski definition) is 3. The number of anilines is 1. The SMILES string of the molecule is Cc1ccccc1NS(=O)(=O)c1ccc(C(=O)NC2(c3ccccc3)CCC2)cc1. The summed E-state index contributed by atoms with van der Waals surface area (Å²) in [7, 11) is -3.73. The van der Waals surface area contributed by atoms with Gasteiger partial charge in [0.1, 0.15) is 0 Å². The van der Waals surface area contributed by atoms with Crippen molar-refractivity contribution in [2.45, 2.75) is 36.6 Å². The molecule has 0 saturated heterocycles. The smallest absolute Gasteiger partial charge is 0.261 e. The van der Waals surface area contributed by atoms with Gasteiger partial charge in [0.05, 0.1) is 16.1 Å². The number of rotatable bonds is 6. The van der Waals surface area contributed by atoms with Gasteiger partial charge in [-0.05, 0) is 67.6 Å². The Labute approximate surface area is 177 Å². The van der Waals surface area contributed by atoms with E-state index in [4.69, 9.17) is 0 Å². The van der Waals surface area contributed by atoms with Crippen LogP contribution in [0.15, 0.2) is 83.8 Å². The molecule has 0 bridgehead atoms. The molecule has 1 fully saturated rings. The number of carbonyl (C=O) groups excluding carboxylic acids is 1. The number of amides is 1. The Bertz CT molecular complexity index is 1150. The van der Waals surface area contributed by atoms with Crippen LogP contribution in [-0.2, 0) is 15.6 Å². The van der Waals surface area contributed by atoms with Crippen LogP contribution in [-0.4, -0.2) is 14.3 Å². The van der Waals surface area contributed by atoms with Gasteiger partial charge in [-0.15, -0.1) is 0 Å². The second-order valence-corrected chi connectivity index (χ2v) is 9.38. The second-order valence-electron chi connectivity index (χ2n) is 7.70. The number of benzene rings is 3. The van der Waals surface area contributed by atoms with Crippen LogP contribution in [0.5, 0.6) is 0 Å². The molecule has 1 amide bonds. The van der Waals surface area contributed by atoms with Crippen LogP contribution in [0.1, 0.15) is 40.7 Å². The van der Waals surface area contributed by atoms with Crippen LogP contribution in [0.2, 0.25) is 0 Å². The Hall–Kier alpha value is -3.12. The number of nitrogens with one attached hydrogen (secondary N) is 2. The van der Waals surface area contributed by atoms with E-state index in [2.05, 4.69) is 10.0 Å². The lowest BCUT2D eigenvalue weighted by atomic mass is 9.71. The zero-order valence-corrected chi connectivity index (χ0v) is 17.6. The van der Waals surface area contributed by atoms with Crippen molar-refractivity contribution in [1.29, 1.82) is 0 Å². The number of hydrogen-bond donors (Lipinski definition) is 2. The molecule has 1 aliphatic rings. The van der Waals surface area contributed by atoms with E-state index in [9.17, 15) is 13.2 Å². The molecule has 2 N–H and O–H groups in total. The third-order valence-corrected chi connectivity index (χ3v) is 7.08. The van der Waals surface area contributed by atoms with Crippen molar-refractivity contribution < 1.29 is 13.2 Å². The molecule has 6 heteroatoms. The number of para-hydroxylation sites is 1. The van der Waals surface area contributed by atoms with E-state index >= 15 is 0 Å². The normalized spacial score (nSPS) is 15.1. The molecule has 0 atom stereocenters. The van der Waals surface area contributed by atoms with E-state index in [0.29, 0.717) is 11.3 Å². The van der Waals surface area contributed by atoms with Crippen LogP contribution in [0, 0.1) is 6.92 Å². The highest BCUT2D eigenvalue weighted by Crippen LogP contribution is 2.41. The molecule has 0 radical (unpaired) electrons. The Morgan fingerprint density at radius 2 is 1.50 bits per heavy atom. The van der Waals surface area contributed by atoms with Crippen molar-refractivity contribution in [1.82, 2.24) is 5.32 Å². The predicted molar refractivity (Wildman–Crippen MR) is 118 cm³/mol. The summed E-state index contributed by atoms with van der Waals surface area (Å²) in [6.07, 6.45) is 2.86. The summed E-state index contributed by atoms with van der Waals surface area (Å²) in [6.45, 7) is 1.84. The first-order valence-electron chi connectivity index (χ1n) is 9.96. The number of aryl methyl sites for hydroxylation is 1. The summed E-state index contributed by atoms with van der Waals surface area (Å²) in [5, 5.41) is 3.16. The fraction of sp³-hybridized carbons (Fsp3) is 0.208. The summed E-state index contributed by atoms with van der Waals surface area (Å²) in [6, 6.07) is 23.2. The Kier molecular flexibility index (Phi) is 5.35. The van der Waals surface area contributed by atoms with Crippen molar-refractivity contribution in [3.05, 3.63) is 95.6 Å². The predicted octanol–water partition coefficient (Wildman–Crippen LogP) is 4.61. The monoisotopic (exact) mass is 420 g/mol. The summed E-state index contributed by atoms with van der Waals surface area (Å²) >= 11 is 0. The van der Waals surface area contributed by atoms with Gasteiger partial charge in [-0.25, -0.2) is 8.42 Å². The van der Waals surface area contributed by atoms with E-state index in [0.717, 1.165) is 30.4 Å². The average Bonchev–Trinajstić information content (AvgIpc) is 2.73. The summed E-state index contributed by atoms with van der Waals surface area (Å²) in [5.41, 5.74) is 2.58. The van der Waals surface area contributed by atoms with Gasteiger partial charge < -0.3 is 5.32 Å². The molecule has 0 unspecified atom stereocenters. The van der Waals surface area contributed by atoms with Gasteiger partial charge in [0.2, 0.25) is 0 Å². The fourth-order valence-electron chi connectivity index (χ4n) is 3.74. The molecule has 0 aromatic heterocycles. The maximum atomic E-state index is 12.8. The first kappa shape index (κ1) is 20.2. The maximum Gasteiger partial charge on any atom is 0.261 e. The molecule has 3 aromatic rings. The minimum atomic E-state index is -3.73. The minimum Gasteiger partial charge on any atom is -0.343 e. The third kappa shape index (κ3) is 3.96. The quantitative estimate of drug-likeness (QED) is 0.612. The Morgan fingerprint density at radius 3 is 2.10 bits per heavy atom. The molecular formula is C24H24N2O3S. The summed E-state index contributed by atoms with van der Waals surface area (Å²) < 4.78 is 28.0. The zero-order chi connectivity index (χ0) is 21.2. The van der Waals surface area contributed by atoms with E-state index < -0.39 is 10.0 Å². The van der Waals surface area contributed by atoms with Gasteiger partial charge in [0.25, 0.3) is 15.9 Å². The molecule has 0 aliphatic heterocycles. The molecule has 4 rings (SSSR count). The van der Waals surface area contributed by atoms with Crippen molar-refractivity contribution >= 4 is 21.6 Å². The van der Waals surface area contributed by atoms with Crippen LogP contribution in [0.25, 0.3) is 0 Å². The highest BCUT2D eigenvalue weighted by atomic mass is 32.2. The highest BCUT2D eigenvalue weighted by Gasteiger charge is 2.40. The van der Waals surface area contributed by atoms with Crippen LogP contribution in [0.3, 0.4) is 0 Å². The lowest BCUT2D eigenvalue weighted by Gasteiger charge is -2.43. The fourth-order valence-corrected chi connectivity index (χ4v) is 4.87. The van der Waals surface area contributed by atoms with Crippen LogP contribution < -0.4 is 10.0 Å². The average molecular weight is 421 g/mol. The number of sulfonamides is 1. The first-order chi connectivity index (χ1) is 14.4. The van der Waals surface area contributed by atoms with Crippen molar-refractivity contribution in [3.63, 3.8) is 0 Å². The van der Waals surface area contributed by atoms with Gasteiger partial charge in [0, 0.05) is 5.56 Å². The summed E-state index contributed by atoms with van der Waals surface area (Å²) in [5.74, 6) is -0.200. The van der Waals surface area contributed by atoms with Crippen molar-refractivity contribution in [3.8, 4) is 0 Å². The molecule has 1 saturated carbocycles. The lowest BCUT2D eigenvalue weighted by Crippen LogP contribution is -2.50. The third-order valence-electron chi connectivity index (χ3n) is 5.70. The zero-order valence-electron chi connectivity index (χ0n) is 16.8. The van der Waals surface area contributed by atoms with Gasteiger partial charge in [-0.2, -0.15) is 0 Å². The van der Waals surface area contributed by atoms with E-state index in [1.807, 2.05) is 49.4 Å². The molecule has 30 heavy (non-hydrogen) atoms. The van der Waals surface area contributed by atoms with Gasteiger partial charge in [-0.1, -0.05) is 48.5 Å². The van der Waals surface area contributed by atoms with Gasteiger partial charge in [-0.3, -0.25) is 9.52 Å². The minimum absolute atomic E-state index is 0.115. The molecule has 1 aliphatic carbocycles.